The van der Waals surface area contributed by atoms with Gasteiger partial charge in [0.25, 0.3) is 0 Å². The quantitative estimate of drug-likeness (QED) is 0.674. The Bertz CT molecular complexity index is 319. The summed E-state index contributed by atoms with van der Waals surface area (Å²) in [5.41, 5.74) is -0.249. The molecule has 0 aromatic heterocycles. The van der Waals surface area contributed by atoms with Gasteiger partial charge in [-0.15, -0.1) is 0 Å². The summed E-state index contributed by atoms with van der Waals surface area (Å²) in [7, 11) is 1.18. The number of allylic oxidation sites excluding steroid dienone is 1. The van der Waals surface area contributed by atoms with E-state index in [4.69, 9.17) is 16.9 Å². The molecule has 0 spiro atoms. The van der Waals surface area contributed by atoms with Crippen LogP contribution in [-0.2, 0) is 14.3 Å². The summed E-state index contributed by atoms with van der Waals surface area (Å²) in [6.07, 6.45) is 1.35. The Kier molecular flexibility index (Phi) is 5.65. The maximum atomic E-state index is 11.4. The Labute approximate surface area is 93.5 Å². The molecule has 0 aliphatic carbocycles. The highest BCUT2D eigenvalue weighted by molar-refractivity contribution is 6.25. The summed E-state index contributed by atoms with van der Waals surface area (Å²) in [4.78, 5) is 22.4. The predicted molar refractivity (Wildman–Crippen MR) is 55.0 cm³/mol. The molecule has 0 amide bonds. The van der Waals surface area contributed by atoms with E-state index < -0.39 is 11.4 Å². The third-order valence-corrected chi connectivity index (χ3v) is 2.07. The lowest BCUT2D eigenvalue weighted by Crippen LogP contribution is -2.32. The third kappa shape index (κ3) is 3.72. The number of hydrogen-bond donors (Lipinski definition) is 0. The first kappa shape index (κ1) is 13.7. The Morgan fingerprint density at radius 2 is 2.20 bits per heavy atom. The molecule has 0 saturated carbocycles. The Hall–Kier alpha value is -1.34. The number of halogens is 1. The zero-order valence-electron chi connectivity index (χ0n) is 8.62. The fourth-order valence-electron chi connectivity index (χ4n) is 1.22. The van der Waals surface area contributed by atoms with Crippen LogP contribution >= 0.6 is 11.6 Å². The summed E-state index contributed by atoms with van der Waals surface area (Å²) >= 11 is 5.32. The second-order valence-electron chi connectivity index (χ2n) is 3.13. The van der Waals surface area contributed by atoms with E-state index in [0.29, 0.717) is 0 Å². The van der Waals surface area contributed by atoms with E-state index >= 15 is 0 Å². The highest BCUT2D eigenvalue weighted by Gasteiger charge is 2.40. The molecule has 0 N–H and O–H groups in total. The van der Waals surface area contributed by atoms with Crippen LogP contribution in [0.3, 0.4) is 0 Å². The molecule has 4 nitrogen and oxygen atoms in total. The zero-order valence-corrected chi connectivity index (χ0v) is 9.37. The second kappa shape index (κ2) is 6.20. The number of esters is 1. The van der Waals surface area contributed by atoms with E-state index in [0.717, 1.165) is 0 Å². The van der Waals surface area contributed by atoms with Gasteiger partial charge in [0, 0.05) is 12.0 Å². The molecular weight excluding hydrogens is 218 g/mol. The maximum Gasteiger partial charge on any atom is 0.326 e. The van der Waals surface area contributed by atoms with Crippen LogP contribution in [0.1, 0.15) is 19.8 Å². The van der Waals surface area contributed by atoms with E-state index in [1.54, 1.807) is 0 Å². The van der Waals surface area contributed by atoms with Crippen LogP contribution in [-0.4, -0.2) is 18.9 Å². The molecular formula is C10H12ClNO3. The Balaban J connectivity index is 5.02. The molecule has 1 atom stereocenters. The van der Waals surface area contributed by atoms with Crippen LogP contribution < -0.4 is 0 Å². The van der Waals surface area contributed by atoms with E-state index in [9.17, 15) is 9.59 Å². The molecule has 0 saturated heterocycles. The van der Waals surface area contributed by atoms with Crippen molar-refractivity contribution in [3.63, 3.8) is 0 Å². The normalized spacial score (nSPS) is 14.3. The van der Waals surface area contributed by atoms with Gasteiger partial charge in [0.05, 0.1) is 13.2 Å². The largest absolute Gasteiger partial charge is 0.468 e. The molecule has 0 fully saturated rings. The van der Waals surface area contributed by atoms with Crippen molar-refractivity contribution in [2.24, 2.45) is 5.41 Å². The number of ether oxygens (including phenoxy) is 1. The van der Waals surface area contributed by atoms with Gasteiger partial charge in [-0.25, -0.2) is 0 Å². The van der Waals surface area contributed by atoms with Gasteiger partial charge < -0.3 is 4.74 Å². The van der Waals surface area contributed by atoms with Gasteiger partial charge in [0.2, 0.25) is 0 Å². The molecule has 0 rings (SSSR count). The molecule has 0 bridgehead atoms. The van der Waals surface area contributed by atoms with Crippen molar-refractivity contribution >= 4 is 23.4 Å². The van der Waals surface area contributed by atoms with Crippen LogP contribution in [0.4, 0.5) is 0 Å². The summed E-state index contributed by atoms with van der Waals surface area (Å²) in [6, 6.07) is 1.83. The Morgan fingerprint density at radius 3 is 2.53 bits per heavy atom. The number of carbonyl (C=O) groups excluding carboxylic acids is 2. The molecule has 0 heterocycles. The van der Waals surface area contributed by atoms with Gasteiger partial charge in [-0.05, 0) is 13.3 Å². The lowest BCUT2D eigenvalue weighted by atomic mass is 9.81. The van der Waals surface area contributed by atoms with Crippen LogP contribution in [0.25, 0.3) is 0 Å². The second-order valence-corrected chi connectivity index (χ2v) is 3.38. The standard InChI is InChI=1S/C10H12ClNO3/c1-8(13)6-10(7-12,4-3-5-11)9(14)15-2/h3,5H,4,6H2,1-2H3/b5-3+/t10-/m0/s1. The average molecular weight is 230 g/mol. The molecule has 0 unspecified atom stereocenters. The molecule has 5 heteroatoms. The van der Waals surface area contributed by atoms with Gasteiger partial charge in [-0.2, -0.15) is 5.26 Å². The first-order valence-electron chi connectivity index (χ1n) is 4.26. The summed E-state index contributed by atoms with van der Waals surface area (Å²) in [6.45, 7) is 1.32. The van der Waals surface area contributed by atoms with Gasteiger partial charge in [-0.3, -0.25) is 9.59 Å². The highest BCUT2D eigenvalue weighted by Crippen LogP contribution is 2.28. The molecule has 0 aromatic rings. The van der Waals surface area contributed by atoms with Crippen LogP contribution in [0.15, 0.2) is 11.6 Å². The van der Waals surface area contributed by atoms with Crippen molar-refractivity contribution in [2.45, 2.75) is 19.8 Å². The number of Topliss-reactive ketones (excluding diaryl/α,β-unsaturated/α-hetero) is 1. The zero-order chi connectivity index (χ0) is 11.9. The topological polar surface area (TPSA) is 67.2 Å². The lowest BCUT2D eigenvalue weighted by molar-refractivity contribution is -0.151. The fraction of sp³-hybridized carbons (Fsp3) is 0.500. The smallest absolute Gasteiger partial charge is 0.326 e. The first-order valence-corrected chi connectivity index (χ1v) is 4.70. The maximum absolute atomic E-state index is 11.4. The number of hydrogen-bond acceptors (Lipinski definition) is 4. The van der Waals surface area contributed by atoms with E-state index in [1.807, 2.05) is 6.07 Å². The number of nitriles is 1. The van der Waals surface area contributed by atoms with Crippen molar-refractivity contribution in [1.82, 2.24) is 0 Å². The molecule has 0 aliphatic rings. The minimum atomic E-state index is -1.45. The minimum Gasteiger partial charge on any atom is -0.468 e. The lowest BCUT2D eigenvalue weighted by Gasteiger charge is -2.20. The number of methoxy groups -OCH3 is 1. The van der Waals surface area contributed by atoms with Gasteiger partial charge >= 0.3 is 5.97 Å². The van der Waals surface area contributed by atoms with Crippen molar-refractivity contribution in [2.75, 3.05) is 7.11 Å². The van der Waals surface area contributed by atoms with Crippen molar-refractivity contribution in [3.05, 3.63) is 11.6 Å². The van der Waals surface area contributed by atoms with Gasteiger partial charge in [-0.1, -0.05) is 17.7 Å². The van der Waals surface area contributed by atoms with E-state index in [2.05, 4.69) is 4.74 Å². The van der Waals surface area contributed by atoms with Crippen LogP contribution in [0.2, 0.25) is 0 Å². The summed E-state index contributed by atoms with van der Waals surface area (Å²) in [5.74, 6) is -0.958. The van der Waals surface area contributed by atoms with E-state index in [1.165, 1.54) is 25.6 Å². The molecule has 0 aromatic carbocycles. The highest BCUT2D eigenvalue weighted by atomic mass is 35.5. The SMILES string of the molecule is COC(=O)[C@@](C#N)(C/C=C/Cl)CC(C)=O. The van der Waals surface area contributed by atoms with Crippen molar-refractivity contribution < 1.29 is 14.3 Å². The van der Waals surface area contributed by atoms with Crippen LogP contribution in [0.5, 0.6) is 0 Å². The van der Waals surface area contributed by atoms with E-state index in [-0.39, 0.29) is 18.6 Å². The van der Waals surface area contributed by atoms with Crippen molar-refractivity contribution in [1.29, 1.82) is 5.26 Å². The fourth-order valence-corrected chi connectivity index (χ4v) is 1.31. The monoisotopic (exact) mass is 229 g/mol. The minimum absolute atomic E-state index is 0.0687. The molecule has 82 valence electrons. The third-order valence-electron chi connectivity index (χ3n) is 1.90. The Morgan fingerprint density at radius 1 is 1.60 bits per heavy atom. The number of rotatable bonds is 5. The summed E-state index contributed by atoms with van der Waals surface area (Å²) in [5, 5.41) is 8.97. The van der Waals surface area contributed by atoms with Gasteiger partial charge in [0.1, 0.15) is 5.78 Å². The summed E-state index contributed by atoms with van der Waals surface area (Å²) < 4.78 is 4.51. The number of nitrogens with zero attached hydrogens (tertiary/aromatic N) is 1. The number of carbonyl (C=O) groups is 2. The van der Waals surface area contributed by atoms with Gasteiger partial charge in [0.15, 0.2) is 5.41 Å². The predicted octanol–water partition coefficient (Wildman–Crippen LogP) is 1.79. The number of ketones is 1. The molecule has 0 aliphatic heterocycles. The average Bonchev–Trinajstić information content (AvgIpc) is 2.22. The molecule has 15 heavy (non-hydrogen) atoms. The van der Waals surface area contributed by atoms with Crippen molar-refractivity contribution in [3.8, 4) is 6.07 Å². The molecule has 0 radical (unpaired) electrons. The van der Waals surface area contributed by atoms with Crippen LogP contribution in [0, 0.1) is 16.7 Å². The first-order chi connectivity index (χ1) is 7.02.